The molecule has 0 saturated carbocycles. The molecule has 3 N–H and O–H groups in total. The van der Waals surface area contributed by atoms with E-state index in [-0.39, 0.29) is 17.6 Å². The summed E-state index contributed by atoms with van der Waals surface area (Å²) in [6, 6.07) is 0. The lowest BCUT2D eigenvalue weighted by Crippen LogP contribution is -2.27. The first-order chi connectivity index (χ1) is 8.66. The van der Waals surface area contributed by atoms with Crippen LogP contribution in [0.5, 0.6) is 0 Å². The molecule has 1 aliphatic heterocycles. The first-order valence-electron chi connectivity index (χ1n) is 6.58. The topological polar surface area (TPSA) is 82.7 Å². The van der Waals surface area contributed by atoms with Crippen molar-refractivity contribution in [2.45, 2.75) is 32.6 Å². The van der Waals surface area contributed by atoms with Crippen molar-refractivity contribution in [2.24, 2.45) is 5.92 Å². The Labute approximate surface area is 107 Å². The number of aromatic amines is 1. The molecule has 1 atom stereocenters. The fourth-order valence-corrected chi connectivity index (χ4v) is 2.06. The highest BCUT2D eigenvalue weighted by Gasteiger charge is 2.16. The van der Waals surface area contributed by atoms with Gasteiger partial charge in [0, 0.05) is 12.5 Å². The van der Waals surface area contributed by atoms with E-state index in [1.165, 1.54) is 6.42 Å². The van der Waals surface area contributed by atoms with Crippen molar-refractivity contribution in [2.75, 3.05) is 19.6 Å². The van der Waals surface area contributed by atoms with Gasteiger partial charge in [0.25, 0.3) is 5.91 Å². The van der Waals surface area contributed by atoms with E-state index in [2.05, 4.69) is 25.8 Å². The lowest BCUT2D eigenvalue weighted by atomic mass is 10.1. The van der Waals surface area contributed by atoms with Gasteiger partial charge in [-0.25, -0.2) is 4.98 Å². The third kappa shape index (κ3) is 3.29. The number of hydrogen-bond acceptors (Lipinski definition) is 4. The SMILES string of the molecule is CC(C)c1nc(C(=O)NCCC2CCNC2)n[nH]1. The standard InChI is InChI=1S/C12H21N5O/c1-8(2)10-15-11(17-16-10)12(18)14-6-4-9-3-5-13-7-9/h8-9,13H,3-7H2,1-2H3,(H,14,18)(H,15,16,17). The second kappa shape index (κ2) is 5.95. The quantitative estimate of drug-likeness (QED) is 0.718. The van der Waals surface area contributed by atoms with Crippen LogP contribution in [-0.2, 0) is 0 Å². The smallest absolute Gasteiger partial charge is 0.290 e. The average molecular weight is 251 g/mol. The normalized spacial score (nSPS) is 19.4. The Hall–Kier alpha value is -1.43. The second-order valence-electron chi connectivity index (χ2n) is 5.10. The van der Waals surface area contributed by atoms with Crippen LogP contribution < -0.4 is 10.6 Å². The zero-order chi connectivity index (χ0) is 13.0. The van der Waals surface area contributed by atoms with Gasteiger partial charge >= 0.3 is 0 Å². The number of nitrogens with zero attached hydrogens (tertiary/aromatic N) is 2. The Kier molecular flexibility index (Phi) is 4.30. The molecule has 1 aliphatic rings. The summed E-state index contributed by atoms with van der Waals surface area (Å²) in [6.07, 6.45) is 2.22. The van der Waals surface area contributed by atoms with Gasteiger partial charge in [0.2, 0.25) is 5.82 Å². The number of amides is 1. The Morgan fingerprint density at radius 3 is 3.00 bits per heavy atom. The van der Waals surface area contributed by atoms with Gasteiger partial charge in [-0.05, 0) is 31.8 Å². The third-order valence-electron chi connectivity index (χ3n) is 3.25. The molecule has 0 radical (unpaired) electrons. The molecule has 0 spiro atoms. The number of aromatic nitrogens is 3. The molecular weight excluding hydrogens is 230 g/mol. The van der Waals surface area contributed by atoms with Crippen molar-refractivity contribution in [3.8, 4) is 0 Å². The molecule has 2 rings (SSSR count). The van der Waals surface area contributed by atoms with Gasteiger partial charge in [0.1, 0.15) is 5.82 Å². The van der Waals surface area contributed by atoms with Crippen LogP contribution in [0.25, 0.3) is 0 Å². The fourth-order valence-electron chi connectivity index (χ4n) is 2.06. The van der Waals surface area contributed by atoms with Gasteiger partial charge in [0.15, 0.2) is 0 Å². The van der Waals surface area contributed by atoms with Crippen molar-refractivity contribution >= 4 is 5.91 Å². The van der Waals surface area contributed by atoms with Crippen molar-refractivity contribution in [1.29, 1.82) is 0 Å². The minimum absolute atomic E-state index is 0.191. The molecule has 0 aliphatic carbocycles. The maximum atomic E-state index is 11.8. The summed E-state index contributed by atoms with van der Waals surface area (Å²) in [5.74, 6) is 1.74. The van der Waals surface area contributed by atoms with E-state index in [9.17, 15) is 4.79 Å². The molecule has 18 heavy (non-hydrogen) atoms. The van der Waals surface area contributed by atoms with E-state index in [1.54, 1.807) is 0 Å². The predicted molar refractivity (Wildman–Crippen MR) is 68.4 cm³/mol. The average Bonchev–Trinajstić information content (AvgIpc) is 2.99. The van der Waals surface area contributed by atoms with E-state index < -0.39 is 0 Å². The first-order valence-corrected chi connectivity index (χ1v) is 6.58. The molecular formula is C12H21N5O. The molecule has 2 heterocycles. The molecule has 1 amide bonds. The summed E-state index contributed by atoms with van der Waals surface area (Å²) in [6.45, 7) is 6.87. The third-order valence-corrected chi connectivity index (χ3v) is 3.25. The zero-order valence-corrected chi connectivity index (χ0v) is 11.0. The van der Waals surface area contributed by atoms with Crippen LogP contribution >= 0.6 is 0 Å². The van der Waals surface area contributed by atoms with Crippen LogP contribution in [0.1, 0.15) is 49.1 Å². The highest BCUT2D eigenvalue weighted by atomic mass is 16.2. The molecule has 6 heteroatoms. The minimum atomic E-state index is -0.191. The monoisotopic (exact) mass is 251 g/mol. The van der Waals surface area contributed by atoms with Crippen LogP contribution in [0.4, 0.5) is 0 Å². The Morgan fingerprint density at radius 2 is 2.39 bits per heavy atom. The molecule has 1 unspecified atom stereocenters. The van der Waals surface area contributed by atoms with E-state index in [0.29, 0.717) is 12.5 Å². The van der Waals surface area contributed by atoms with Crippen molar-refractivity contribution in [1.82, 2.24) is 25.8 Å². The summed E-state index contributed by atoms with van der Waals surface area (Å²) < 4.78 is 0. The fraction of sp³-hybridized carbons (Fsp3) is 0.750. The Bertz CT molecular complexity index is 395. The van der Waals surface area contributed by atoms with Crippen LogP contribution in [0.3, 0.4) is 0 Å². The van der Waals surface area contributed by atoms with E-state index in [4.69, 9.17) is 0 Å². The second-order valence-corrected chi connectivity index (χ2v) is 5.10. The first kappa shape index (κ1) is 13.0. The maximum absolute atomic E-state index is 11.8. The van der Waals surface area contributed by atoms with Crippen LogP contribution in [0, 0.1) is 5.92 Å². The Balaban J connectivity index is 1.76. The molecule has 0 bridgehead atoms. The molecule has 100 valence electrons. The summed E-state index contributed by atoms with van der Waals surface area (Å²) in [7, 11) is 0. The number of carbonyl (C=O) groups excluding carboxylic acids is 1. The van der Waals surface area contributed by atoms with Gasteiger partial charge in [0.05, 0.1) is 0 Å². The lowest BCUT2D eigenvalue weighted by molar-refractivity contribution is 0.0941. The minimum Gasteiger partial charge on any atom is -0.349 e. The number of nitrogens with one attached hydrogen (secondary N) is 3. The van der Waals surface area contributed by atoms with Gasteiger partial charge in [-0.3, -0.25) is 9.89 Å². The number of carbonyl (C=O) groups is 1. The Morgan fingerprint density at radius 1 is 1.56 bits per heavy atom. The van der Waals surface area contributed by atoms with Crippen molar-refractivity contribution in [3.05, 3.63) is 11.6 Å². The summed E-state index contributed by atoms with van der Waals surface area (Å²) in [5.41, 5.74) is 0. The number of H-pyrrole nitrogens is 1. The highest BCUT2D eigenvalue weighted by Crippen LogP contribution is 2.11. The lowest BCUT2D eigenvalue weighted by Gasteiger charge is -2.07. The molecule has 0 aromatic carbocycles. The molecule has 1 aromatic heterocycles. The largest absolute Gasteiger partial charge is 0.349 e. The maximum Gasteiger partial charge on any atom is 0.290 e. The molecule has 6 nitrogen and oxygen atoms in total. The highest BCUT2D eigenvalue weighted by molar-refractivity contribution is 5.90. The molecule has 1 saturated heterocycles. The number of hydrogen-bond donors (Lipinski definition) is 3. The summed E-state index contributed by atoms with van der Waals surface area (Å²) in [5, 5.41) is 12.9. The molecule has 1 fully saturated rings. The van der Waals surface area contributed by atoms with Gasteiger partial charge in [-0.2, -0.15) is 0 Å². The summed E-state index contributed by atoms with van der Waals surface area (Å²) in [4.78, 5) is 16.0. The van der Waals surface area contributed by atoms with Crippen LogP contribution in [0.15, 0.2) is 0 Å². The van der Waals surface area contributed by atoms with Gasteiger partial charge in [-0.1, -0.05) is 13.8 Å². The van der Waals surface area contributed by atoms with Crippen LogP contribution in [0.2, 0.25) is 0 Å². The number of rotatable bonds is 5. The van der Waals surface area contributed by atoms with Crippen molar-refractivity contribution in [3.63, 3.8) is 0 Å². The van der Waals surface area contributed by atoms with E-state index >= 15 is 0 Å². The van der Waals surface area contributed by atoms with Gasteiger partial charge < -0.3 is 10.6 Å². The van der Waals surface area contributed by atoms with E-state index in [1.807, 2.05) is 13.8 Å². The van der Waals surface area contributed by atoms with Gasteiger partial charge in [-0.15, -0.1) is 5.10 Å². The molecule has 1 aromatic rings. The predicted octanol–water partition coefficient (Wildman–Crippen LogP) is 0.657. The van der Waals surface area contributed by atoms with Crippen LogP contribution in [-0.4, -0.2) is 40.7 Å². The summed E-state index contributed by atoms with van der Waals surface area (Å²) >= 11 is 0. The van der Waals surface area contributed by atoms with E-state index in [0.717, 1.165) is 25.3 Å². The zero-order valence-electron chi connectivity index (χ0n) is 11.0. The van der Waals surface area contributed by atoms with Crippen molar-refractivity contribution < 1.29 is 4.79 Å².